The van der Waals surface area contributed by atoms with Crippen LogP contribution in [-0.4, -0.2) is 25.4 Å². The van der Waals surface area contributed by atoms with Crippen LogP contribution in [0.3, 0.4) is 0 Å². The van der Waals surface area contributed by atoms with Crippen molar-refractivity contribution in [1.82, 2.24) is 0 Å². The van der Waals surface area contributed by atoms with E-state index in [1.54, 1.807) is 12.1 Å². The first-order valence-electron chi connectivity index (χ1n) is 5.19. The molecule has 0 aliphatic rings. The van der Waals surface area contributed by atoms with Gasteiger partial charge in [-0.2, -0.15) is 13.2 Å². The molecule has 1 atom stereocenters. The molecule has 96 valence electrons. The largest absolute Gasteiger partial charge is 0.392 e. The molecule has 0 spiro atoms. The Balaban J connectivity index is 2.92. The number of hydrogen-bond donors (Lipinski definition) is 1. The van der Waals surface area contributed by atoms with Crippen LogP contribution in [-0.2, 0) is 5.60 Å². The maximum absolute atomic E-state index is 12.3. The fourth-order valence-corrected chi connectivity index (χ4v) is 1.61. The summed E-state index contributed by atoms with van der Waals surface area (Å²) in [6.07, 6.45) is -5.63. The minimum Gasteiger partial charge on any atom is -0.385 e. The minimum absolute atomic E-state index is 0.264. The number of aliphatic hydroxyl groups is 1. The van der Waals surface area contributed by atoms with Crippen LogP contribution >= 0.6 is 0 Å². The fourth-order valence-electron chi connectivity index (χ4n) is 1.61. The van der Waals surface area contributed by atoms with E-state index < -0.39 is 18.2 Å². The zero-order valence-corrected chi connectivity index (χ0v) is 10.0. The summed E-state index contributed by atoms with van der Waals surface area (Å²) >= 11 is 0. The van der Waals surface area contributed by atoms with E-state index in [1.165, 1.54) is 19.1 Å². The molecule has 2 nitrogen and oxygen atoms in total. The van der Waals surface area contributed by atoms with Crippen molar-refractivity contribution in [1.29, 1.82) is 0 Å². The predicted octanol–water partition coefficient (Wildman–Crippen LogP) is 2.91. The summed E-state index contributed by atoms with van der Waals surface area (Å²) in [6, 6.07) is 6.39. The second-order valence-corrected chi connectivity index (χ2v) is 4.51. The van der Waals surface area contributed by atoms with Crippen molar-refractivity contribution in [3.63, 3.8) is 0 Å². The molecule has 5 heteroatoms. The summed E-state index contributed by atoms with van der Waals surface area (Å²) in [6.45, 7) is 1.17. The van der Waals surface area contributed by atoms with Gasteiger partial charge in [0.25, 0.3) is 0 Å². The van der Waals surface area contributed by atoms with Crippen molar-refractivity contribution < 1.29 is 18.3 Å². The Hall–Kier alpha value is -1.23. The van der Waals surface area contributed by atoms with Crippen LogP contribution in [0, 0.1) is 0 Å². The third kappa shape index (κ3) is 3.93. The molecule has 1 aromatic carbocycles. The van der Waals surface area contributed by atoms with Crippen molar-refractivity contribution in [2.75, 3.05) is 19.0 Å². The summed E-state index contributed by atoms with van der Waals surface area (Å²) in [5.74, 6) is 0. The van der Waals surface area contributed by atoms with E-state index in [0.717, 1.165) is 5.69 Å². The maximum atomic E-state index is 12.3. The topological polar surface area (TPSA) is 23.5 Å². The average Bonchev–Trinajstić information content (AvgIpc) is 2.14. The molecule has 0 fully saturated rings. The summed E-state index contributed by atoms with van der Waals surface area (Å²) in [7, 11) is 3.67. The van der Waals surface area contributed by atoms with E-state index >= 15 is 0 Å². The van der Waals surface area contributed by atoms with Crippen LogP contribution in [0.1, 0.15) is 18.9 Å². The van der Waals surface area contributed by atoms with Gasteiger partial charge in [-0.15, -0.1) is 0 Å². The van der Waals surface area contributed by atoms with Gasteiger partial charge < -0.3 is 10.0 Å². The number of anilines is 1. The molecule has 0 saturated heterocycles. The summed E-state index contributed by atoms with van der Waals surface area (Å²) < 4.78 is 36.8. The zero-order valence-electron chi connectivity index (χ0n) is 10.0. The van der Waals surface area contributed by atoms with Crippen molar-refractivity contribution >= 4 is 5.69 Å². The molecule has 17 heavy (non-hydrogen) atoms. The van der Waals surface area contributed by atoms with Crippen LogP contribution in [0.25, 0.3) is 0 Å². The van der Waals surface area contributed by atoms with Gasteiger partial charge in [0.2, 0.25) is 0 Å². The normalized spacial score (nSPS) is 15.5. The smallest absolute Gasteiger partial charge is 0.385 e. The Bertz CT molecular complexity index is 368. The average molecular weight is 247 g/mol. The lowest BCUT2D eigenvalue weighted by atomic mass is 9.92. The first kappa shape index (κ1) is 13.8. The second kappa shape index (κ2) is 4.56. The Morgan fingerprint density at radius 1 is 1.12 bits per heavy atom. The molecular weight excluding hydrogens is 231 g/mol. The molecule has 1 aromatic rings. The molecule has 0 bridgehead atoms. The molecule has 0 heterocycles. The van der Waals surface area contributed by atoms with Gasteiger partial charge in [0.1, 0.15) is 0 Å². The summed E-state index contributed by atoms with van der Waals surface area (Å²) in [4.78, 5) is 1.84. The first-order valence-corrected chi connectivity index (χ1v) is 5.19. The van der Waals surface area contributed by atoms with E-state index in [9.17, 15) is 18.3 Å². The molecule has 1 unspecified atom stereocenters. The second-order valence-electron chi connectivity index (χ2n) is 4.51. The lowest BCUT2D eigenvalue weighted by Crippen LogP contribution is -2.29. The van der Waals surface area contributed by atoms with Gasteiger partial charge in [-0.25, -0.2) is 0 Å². The van der Waals surface area contributed by atoms with Crippen LogP contribution in [0.2, 0.25) is 0 Å². The highest BCUT2D eigenvalue weighted by Gasteiger charge is 2.39. The molecule has 0 amide bonds. The monoisotopic (exact) mass is 247 g/mol. The zero-order chi connectivity index (χ0) is 13.3. The molecule has 0 radical (unpaired) electrons. The number of rotatable bonds is 3. The molecule has 0 aliphatic carbocycles. The quantitative estimate of drug-likeness (QED) is 0.887. The Labute approximate surface area is 98.7 Å². The Morgan fingerprint density at radius 3 is 1.94 bits per heavy atom. The van der Waals surface area contributed by atoms with E-state index in [-0.39, 0.29) is 5.56 Å². The van der Waals surface area contributed by atoms with E-state index in [1.807, 2.05) is 19.0 Å². The van der Waals surface area contributed by atoms with Gasteiger partial charge in [-0.1, -0.05) is 12.1 Å². The Morgan fingerprint density at radius 2 is 1.59 bits per heavy atom. The molecule has 0 saturated carbocycles. The van der Waals surface area contributed by atoms with Crippen LogP contribution in [0.4, 0.5) is 18.9 Å². The highest BCUT2D eigenvalue weighted by molar-refractivity contribution is 5.46. The molecule has 1 rings (SSSR count). The lowest BCUT2D eigenvalue weighted by Gasteiger charge is -2.25. The number of nitrogens with zero attached hydrogens (tertiary/aromatic N) is 1. The molecule has 0 aromatic heterocycles. The Kier molecular flexibility index (Phi) is 3.71. The van der Waals surface area contributed by atoms with Gasteiger partial charge in [0, 0.05) is 19.8 Å². The van der Waals surface area contributed by atoms with Crippen molar-refractivity contribution in [2.45, 2.75) is 25.1 Å². The summed E-state index contributed by atoms with van der Waals surface area (Å²) in [5.41, 5.74) is -0.750. The van der Waals surface area contributed by atoms with Crippen LogP contribution in [0.15, 0.2) is 24.3 Å². The SMILES string of the molecule is CN(C)c1ccc(C(C)(O)CC(F)(F)F)cc1. The lowest BCUT2D eigenvalue weighted by molar-refractivity contribution is -0.174. The van der Waals surface area contributed by atoms with E-state index in [0.29, 0.717) is 0 Å². The van der Waals surface area contributed by atoms with Crippen molar-refractivity contribution in [3.05, 3.63) is 29.8 Å². The highest BCUT2D eigenvalue weighted by atomic mass is 19.4. The van der Waals surface area contributed by atoms with Crippen LogP contribution < -0.4 is 4.90 Å². The van der Waals surface area contributed by atoms with E-state index in [2.05, 4.69) is 0 Å². The number of benzene rings is 1. The van der Waals surface area contributed by atoms with Crippen molar-refractivity contribution in [2.24, 2.45) is 0 Å². The predicted molar refractivity (Wildman–Crippen MR) is 61.0 cm³/mol. The molecule has 1 N–H and O–H groups in total. The summed E-state index contributed by atoms with van der Waals surface area (Å²) in [5, 5.41) is 9.82. The first-order chi connectivity index (χ1) is 7.62. The van der Waals surface area contributed by atoms with E-state index in [4.69, 9.17) is 0 Å². The van der Waals surface area contributed by atoms with Crippen molar-refractivity contribution in [3.8, 4) is 0 Å². The number of alkyl halides is 3. The molecule has 0 aliphatic heterocycles. The third-order valence-electron chi connectivity index (χ3n) is 2.55. The third-order valence-corrected chi connectivity index (χ3v) is 2.55. The number of halogens is 3. The van der Waals surface area contributed by atoms with Gasteiger partial charge in [0.05, 0.1) is 12.0 Å². The van der Waals surface area contributed by atoms with Gasteiger partial charge in [-0.05, 0) is 24.6 Å². The van der Waals surface area contributed by atoms with Crippen LogP contribution in [0.5, 0.6) is 0 Å². The van der Waals surface area contributed by atoms with Gasteiger partial charge in [0.15, 0.2) is 0 Å². The standard InChI is InChI=1S/C12H16F3NO/c1-11(17,8-12(13,14)15)9-4-6-10(7-5-9)16(2)3/h4-7,17H,8H2,1-3H3. The van der Waals surface area contributed by atoms with Gasteiger partial charge >= 0.3 is 6.18 Å². The maximum Gasteiger partial charge on any atom is 0.392 e. The fraction of sp³-hybridized carbons (Fsp3) is 0.500. The highest BCUT2D eigenvalue weighted by Crippen LogP contribution is 2.34. The van der Waals surface area contributed by atoms with Gasteiger partial charge in [-0.3, -0.25) is 0 Å². The number of hydrogen-bond acceptors (Lipinski definition) is 2. The minimum atomic E-state index is -4.39. The molecular formula is C12H16F3NO.